The van der Waals surface area contributed by atoms with Gasteiger partial charge in [-0.2, -0.15) is 0 Å². The van der Waals surface area contributed by atoms with Crippen molar-refractivity contribution in [2.75, 3.05) is 20.3 Å². The number of nitrogens with zero attached hydrogens (tertiary/aromatic N) is 3. The van der Waals surface area contributed by atoms with E-state index in [1.165, 1.54) is 18.4 Å². The first kappa shape index (κ1) is 20.4. The van der Waals surface area contributed by atoms with E-state index in [1.807, 2.05) is 19.1 Å². The summed E-state index contributed by atoms with van der Waals surface area (Å²) in [5, 5.41) is 10.5. The Bertz CT molecular complexity index is 1330. The molecule has 10 heteroatoms. The van der Waals surface area contributed by atoms with Gasteiger partial charge in [0.15, 0.2) is 17.6 Å². The molecule has 164 valence electrons. The highest BCUT2D eigenvalue weighted by Crippen LogP contribution is 2.46. The minimum atomic E-state index is -0.368. The Morgan fingerprint density at radius 1 is 1.28 bits per heavy atom. The quantitative estimate of drug-likeness (QED) is 0.440. The smallest absolute Gasteiger partial charge is 0.293 e. The highest BCUT2D eigenvalue weighted by atomic mass is 32.1. The van der Waals surface area contributed by atoms with E-state index in [4.69, 9.17) is 23.9 Å². The predicted octanol–water partition coefficient (Wildman–Crippen LogP) is 3.03. The van der Waals surface area contributed by atoms with Gasteiger partial charge in [-0.05, 0) is 36.2 Å². The van der Waals surface area contributed by atoms with Crippen molar-refractivity contribution in [3.8, 4) is 28.0 Å². The first-order valence-electron chi connectivity index (χ1n) is 9.85. The molecule has 32 heavy (non-hydrogen) atoms. The number of methoxy groups -OCH3 is 1. The molecule has 0 saturated heterocycles. The third-order valence-electron chi connectivity index (χ3n) is 5.14. The van der Waals surface area contributed by atoms with E-state index < -0.39 is 0 Å². The molecule has 1 atom stereocenters. The van der Waals surface area contributed by atoms with Gasteiger partial charge >= 0.3 is 0 Å². The summed E-state index contributed by atoms with van der Waals surface area (Å²) in [5.41, 5.74) is 4.48. The summed E-state index contributed by atoms with van der Waals surface area (Å²) in [5.74, 6) is 1.60. The average Bonchev–Trinajstić information content (AvgIpc) is 3.27. The fourth-order valence-corrected chi connectivity index (χ4v) is 4.81. The first-order valence-corrected chi connectivity index (χ1v) is 10.7. The molecular formula is C22H19N3O6S. The third kappa shape index (κ3) is 3.47. The van der Waals surface area contributed by atoms with Crippen LogP contribution in [0.1, 0.15) is 11.1 Å². The molecule has 1 aliphatic rings. The van der Waals surface area contributed by atoms with Crippen molar-refractivity contribution in [3.63, 3.8) is 0 Å². The van der Waals surface area contributed by atoms with E-state index in [1.54, 1.807) is 12.3 Å². The van der Waals surface area contributed by atoms with Gasteiger partial charge in [-0.1, -0.05) is 0 Å². The molecule has 0 unspecified atom stereocenters. The molecule has 5 rings (SSSR count). The molecule has 2 aromatic heterocycles. The maximum Gasteiger partial charge on any atom is 0.293 e. The minimum absolute atomic E-state index is 0.121. The minimum Gasteiger partial charge on any atom is -0.484 e. The second kappa shape index (κ2) is 8.21. The van der Waals surface area contributed by atoms with Crippen LogP contribution in [0.5, 0.6) is 17.4 Å². The summed E-state index contributed by atoms with van der Waals surface area (Å²) in [4.78, 5) is 24.3. The van der Waals surface area contributed by atoms with E-state index in [9.17, 15) is 9.90 Å². The number of aliphatic hydroxyl groups is 1. The maximum atomic E-state index is 10.5. The maximum absolute atomic E-state index is 10.5. The van der Waals surface area contributed by atoms with Crippen LogP contribution < -0.4 is 14.2 Å². The van der Waals surface area contributed by atoms with Crippen LogP contribution in [-0.4, -0.2) is 53.0 Å². The van der Waals surface area contributed by atoms with E-state index in [0.29, 0.717) is 40.4 Å². The number of aliphatic hydroxyl groups excluding tert-OH is 1. The van der Waals surface area contributed by atoms with Crippen LogP contribution in [0.15, 0.2) is 24.4 Å². The molecule has 4 aromatic rings. The highest BCUT2D eigenvalue weighted by molar-refractivity contribution is 7.22. The van der Waals surface area contributed by atoms with E-state index in [0.717, 1.165) is 26.4 Å². The fraction of sp³-hybridized carbons (Fsp3) is 0.273. The van der Waals surface area contributed by atoms with Crippen LogP contribution >= 0.6 is 11.3 Å². The second-order valence-electron chi connectivity index (χ2n) is 7.28. The summed E-state index contributed by atoms with van der Waals surface area (Å²) in [6.07, 6.45) is 1.19. The van der Waals surface area contributed by atoms with Gasteiger partial charge in [-0.15, -0.1) is 11.3 Å². The van der Waals surface area contributed by atoms with Crippen molar-refractivity contribution < 1.29 is 28.8 Å². The van der Waals surface area contributed by atoms with Crippen molar-refractivity contribution in [2.24, 2.45) is 0 Å². The lowest BCUT2D eigenvalue weighted by Crippen LogP contribution is -2.33. The van der Waals surface area contributed by atoms with E-state index in [2.05, 4.69) is 9.97 Å². The number of hydrogen-bond acceptors (Lipinski definition) is 10. The van der Waals surface area contributed by atoms with E-state index >= 15 is 0 Å². The zero-order valence-electron chi connectivity index (χ0n) is 17.3. The Morgan fingerprint density at radius 2 is 2.16 bits per heavy atom. The van der Waals surface area contributed by atoms with Gasteiger partial charge in [-0.25, -0.2) is 15.0 Å². The van der Waals surface area contributed by atoms with Gasteiger partial charge < -0.3 is 24.1 Å². The summed E-state index contributed by atoms with van der Waals surface area (Å²) >= 11 is 1.46. The molecule has 0 bridgehead atoms. The van der Waals surface area contributed by atoms with Crippen molar-refractivity contribution in [1.29, 1.82) is 0 Å². The molecule has 0 aliphatic carbocycles. The van der Waals surface area contributed by atoms with E-state index in [-0.39, 0.29) is 25.9 Å². The zero-order valence-corrected chi connectivity index (χ0v) is 18.1. The van der Waals surface area contributed by atoms with Crippen molar-refractivity contribution in [2.45, 2.75) is 19.6 Å². The number of ether oxygens (including phenoxy) is 4. The van der Waals surface area contributed by atoms with Crippen molar-refractivity contribution >= 4 is 39.1 Å². The molecule has 0 amide bonds. The Hall–Kier alpha value is -3.50. The van der Waals surface area contributed by atoms with Gasteiger partial charge in [0.25, 0.3) is 6.47 Å². The van der Waals surface area contributed by atoms with Gasteiger partial charge in [0.1, 0.15) is 22.9 Å². The van der Waals surface area contributed by atoms with Gasteiger partial charge in [0.2, 0.25) is 5.88 Å². The van der Waals surface area contributed by atoms with Gasteiger partial charge in [-0.3, -0.25) is 4.79 Å². The summed E-state index contributed by atoms with van der Waals surface area (Å²) in [7, 11) is 1.53. The number of carbonyl (C=O) groups excluding carboxylic acids is 1. The van der Waals surface area contributed by atoms with Gasteiger partial charge in [0, 0.05) is 5.56 Å². The SMILES string of the molecule is COc1cnc2c(-c3nc4c(C)cc5c(c4s3)OC[C@H](COC=O)O5)cc(CO)cc2n1. The zero-order chi connectivity index (χ0) is 22.2. The normalized spacial score (nSPS) is 15.2. The Kier molecular flexibility index (Phi) is 5.24. The Labute approximate surface area is 186 Å². The van der Waals surface area contributed by atoms with Crippen LogP contribution in [0.3, 0.4) is 0 Å². The summed E-state index contributed by atoms with van der Waals surface area (Å²) in [6, 6.07) is 5.53. The second-order valence-corrected chi connectivity index (χ2v) is 8.28. The number of hydrogen-bond donors (Lipinski definition) is 1. The Balaban J connectivity index is 1.64. The summed E-state index contributed by atoms with van der Waals surface area (Å²) in [6.45, 7) is 2.60. The number of fused-ring (bicyclic) bond motifs is 4. The predicted molar refractivity (Wildman–Crippen MR) is 117 cm³/mol. The highest BCUT2D eigenvalue weighted by Gasteiger charge is 2.27. The monoisotopic (exact) mass is 453 g/mol. The molecule has 2 aromatic carbocycles. The topological polar surface area (TPSA) is 113 Å². The molecule has 0 saturated carbocycles. The van der Waals surface area contributed by atoms with Crippen molar-refractivity contribution in [1.82, 2.24) is 15.0 Å². The average molecular weight is 453 g/mol. The molecule has 1 N–H and O–H groups in total. The number of benzene rings is 2. The molecule has 9 nitrogen and oxygen atoms in total. The van der Waals surface area contributed by atoms with Crippen LogP contribution in [0.2, 0.25) is 0 Å². The fourth-order valence-electron chi connectivity index (χ4n) is 3.66. The summed E-state index contributed by atoms with van der Waals surface area (Å²) < 4.78 is 22.8. The third-order valence-corrected chi connectivity index (χ3v) is 6.23. The molecule has 0 fully saturated rings. The van der Waals surface area contributed by atoms with Gasteiger partial charge in [0.05, 0.1) is 36.5 Å². The molecule has 1 aliphatic heterocycles. The largest absolute Gasteiger partial charge is 0.484 e. The first-order chi connectivity index (χ1) is 15.6. The molecule has 3 heterocycles. The molecule has 0 radical (unpaired) electrons. The van der Waals surface area contributed by atoms with Crippen LogP contribution in [0, 0.1) is 6.92 Å². The van der Waals surface area contributed by atoms with Crippen molar-refractivity contribution in [3.05, 3.63) is 35.5 Å². The van der Waals surface area contributed by atoms with Crippen LogP contribution in [-0.2, 0) is 16.1 Å². The standard InChI is InChI=1S/C22H19N3O6S/c1-11-3-16-20(30-9-13(31-16)8-29-10-27)21-18(11)25-22(32-21)14-4-12(7-26)5-15-19(14)23-6-17(24-15)28-2/h3-6,10,13,26H,7-9H2,1-2H3/t13-/m0/s1. The Morgan fingerprint density at radius 3 is 2.94 bits per heavy atom. The number of thiazole rings is 1. The number of rotatable bonds is 6. The van der Waals surface area contributed by atoms with Crippen LogP contribution in [0.25, 0.3) is 31.8 Å². The van der Waals surface area contributed by atoms with Crippen LogP contribution in [0.4, 0.5) is 0 Å². The number of aryl methyl sites for hydroxylation is 1. The molecular weight excluding hydrogens is 434 g/mol. The number of aromatic nitrogens is 3. The lowest BCUT2D eigenvalue weighted by Gasteiger charge is -2.26. The number of carbonyl (C=O) groups is 1. The molecule has 0 spiro atoms. The lowest BCUT2D eigenvalue weighted by atomic mass is 10.1. The lowest BCUT2D eigenvalue weighted by molar-refractivity contribution is -0.131.